The van der Waals surface area contributed by atoms with Gasteiger partial charge in [0.2, 0.25) is 0 Å². The van der Waals surface area contributed by atoms with Crippen molar-refractivity contribution in [2.24, 2.45) is 0 Å². The molecule has 0 unspecified atom stereocenters. The molecular formula is C12H20BrN3. The van der Waals surface area contributed by atoms with Crippen molar-refractivity contribution in [2.45, 2.75) is 20.3 Å². The third-order valence-electron chi connectivity index (χ3n) is 2.44. The van der Waals surface area contributed by atoms with Crippen LogP contribution in [0.15, 0.2) is 16.7 Å². The van der Waals surface area contributed by atoms with Gasteiger partial charge < -0.3 is 10.2 Å². The summed E-state index contributed by atoms with van der Waals surface area (Å²) in [5.41, 5.74) is 1.22. The van der Waals surface area contributed by atoms with Gasteiger partial charge in [0.1, 0.15) is 5.82 Å². The van der Waals surface area contributed by atoms with Gasteiger partial charge >= 0.3 is 0 Å². The molecule has 0 bridgehead atoms. The van der Waals surface area contributed by atoms with Crippen molar-refractivity contribution in [1.82, 2.24) is 10.3 Å². The van der Waals surface area contributed by atoms with Crippen LogP contribution in [0.5, 0.6) is 0 Å². The molecule has 1 heterocycles. The lowest BCUT2D eigenvalue weighted by atomic mass is 10.2. The van der Waals surface area contributed by atoms with Gasteiger partial charge in [0.05, 0.1) is 0 Å². The van der Waals surface area contributed by atoms with Crippen molar-refractivity contribution >= 4 is 21.7 Å². The molecule has 0 aromatic carbocycles. The third kappa shape index (κ3) is 3.76. The Hall–Kier alpha value is -0.610. The number of halogens is 1. The van der Waals surface area contributed by atoms with Crippen molar-refractivity contribution in [2.75, 3.05) is 31.6 Å². The molecule has 1 aromatic rings. The Morgan fingerprint density at radius 2 is 2.19 bits per heavy atom. The van der Waals surface area contributed by atoms with Gasteiger partial charge in [-0.25, -0.2) is 4.98 Å². The normalized spacial score (nSPS) is 10.5. The maximum atomic E-state index is 4.50. The van der Waals surface area contributed by atoms with Gasteiger partial charge in [0, 0.05) is 30.3 Å². The summed E-state index contributed by atoms with van der Waals surface area (Å²) >= 11 is 3.44. The second-order valence-corrected chi connectivity index (χ2v) is 4.80. The van der Waals surface area contributed by atoms with Crippen molar-refractivity contribution in [3.8, 4) is 0 Å². The van der Waals surface area contributed by atoms with Gasteiger partial charge in [0.25, 0.3) is 0 Å². The highest BCUT2D eigenvalue weighted by molar-refractivity contribution is 9.10. The van der Waals surface area contributed by atoms with E-state index in [4.69, 9.17) is 0 Å². The Balaban J connectivity index is 2.82. The summed E-state index contributed by atoms with van der Waals surface area (Å²) in [6.07, 6.45) is 3.01. The lowest BCUT2D eigenvalue weighted by Gasteiger charge is -2.24. The van der Waals surface area contributed by atoms with Crippen molar-refractivity contribution in [3.05, 3.63) is 22.3 Å². The molecule has 0 spiro atoms. The van der Waals surface area contributed by atoms with Crippen LogP contribution in [0.1, 0.15) is 18.9 Å². The smallest absolute Gasteiger partial charge is 0.131 e. The van der Waals surface area contributed by atoms with Crippen LogP contribution in [0.3, 0.4) is 0 Å². The van der Waals surface area contributed by atoms with Crippen LogP contribution >= 0.6 is 15.9 Å². The van der Waals surface area contributed by atoms with Crippen molar-refractivity contribution in [3.63, 3.8) is 0 Å². The topological polar surface area (TPSA) is 28.2 Å². The van der Waals surface area contributed by atoms with E-state index in [0.717, 1.165) is 36.3 Å². The van der Waals surface area contributed by atoms with Gasteiger partial charge in [0.15, 0.2) is 0 Å². The molecular weight excluding hydrogens is 266 g/mol. The van der Waals surface area contributed by atoms with Crippen LogP contribution in [0.2, 0.25) is 0 Å². The zero-order chi connectivity index (χ0) is 12.0. The van der Waals surface area contributed by atoms with Crippen LogP contribution < -0.4 is 10.2 Å². The first-order valence-electron chi connectivity index (χ1n) is 5.70. The average Bonchev–Trinajstić information content (AvgIpc) is 2.25. The number of aryl methyl sites for hydroxylation is 1. The number of hydrogen-bond donors (Lipinski definition) is 1. The summed E-state index contributed by atoms with van der Waals surface area (Å²) in [6.45, 7) is 7.34. The first-order valence-corrected chi connectivity index (χ1v) is 6.50. The Kier molecular flexibility index (Phi) is 5.77. The minimum atomic E-state index is 0.983. The number of nitrogens with zero attached hydrogens (tertiary/aromatic N) is 2. The summed E-state index contributed by atoms with van der Waals surface area (Å²) in [5.74, 6) is 1.10. The van der Waals surface area contributed by atoms with Gasteiger partial charge in [-0.05, 0) is 48.0 Å². The highest BCUT2D eigenvalue weighted by Gasteiger charge is 2.09. The van der Waals surface area contributed by atoms with Gasteiger partial charge in [-0.2, -0.15) is 0 Å². The summed E-state index contributed by atoms with van der Waals surface area (Å²) in [6, 6.07) is 2.12. The quantitative estimate of drug-likeness (QED) is 0.871. The third-order valence-corrected chi connectivity index (χ3v) is 2.88. The maximum Gasteiger partial charge on any atom is 0.131 e. The fraction of sp³-hybridized carbons (Fsp3) is 0.583. The van der Waals surface area contributed by atoms with E-state index in [9.17, 15) is 0 Å². The molecule has 4 heteroatoms. The minimum Gasteiger partial charge on any atom is -0.355 e. The lowest BCUT2D eigenvalue weighted by Crippen LogP contribution is -2.32. The molecule has 0 aliphatic rings. The van der Waals surface area contributed by atoms with E-state index in [-0.39, 0.29) is 0 Å². The fourth-order valence-corrected chi connectivity index (χ4v) is 2.15. The molecule has 1 aromatic heterocycles. The monoisotopic (exact) mass is 285 g/mol. The summed E-state index contributed by atoms with van der Waals surface area (Å²) in [4.78, 5) is 6.83. The molecule has 0 atom stereocenters. The van der Waals surface area contributed by atoms with Crippen LogP contribution in [0, 0.1) is 6.92 Å². The highest BCUT2D eigenvalue weighted by atomic mass is 79.9. The predicted octanol–water partition coefficient (Wildman–Crippen LogP) is 2.59. The standard InChI is InChI=1S/C12H20BrN3/c1-4-6-16(7-5-14-3)12-10(2)8-11(13)9-15-12/h8-9,14H,4-7H2,1-3H3. The van der Waals surface area contributed by atoms with E-state index in [1.54, 1.807) is 0 Å². The molecule has 0 aliphatic carbocycles. The second-order valence-electron chi connectivity index (χ2n) is 3.88. The Morgan fingerprint density at radius 3 is 2.75 bits per heavy atom. The summed E-state index contributed by atoms with van der Waals surface area (Å²) in [5, 5.41) is 3.18. The van der Waals surface area contributed by atoms with E-state index < -0.39 is 0 Å². The second kappa shape index (κ2) is 6.86. The molecule has 0 saturated heterocycles. The fourth-order valence-electron chi connectivity index (χ4n) is 1.70. The summed E-state index contributed by atoms with van der Waals surface area (Å²) < 4.78 is 1.04. The first kappa shape index (κ1) is 13.5. The number of nitrogens with one attached hydrogen (secondary N) is 1. The Bertz CT molecular complexity index is 328. The zero-order valence-corrected chi connectivity index (χ0v) is 11.8. The molecule has 16 heavy (non-hydrogen) atoms. The highest BCUT2D eigenvalue weighted by Crippen LogP contribution is 2.20. The number of rotatable bonds is 6. The predicted molar refractivity (Wildman–Crippen MR) is 73.1 cm³/mol. The molecule has 3 nitrogen and oxygen atoms in total. The zero-order valence-electron chi connectivity index (χ0n) is 10.3. The molecule has 0 aliphatic heterocycles. The molecule has 90 valence electrons. The number of likely N-dealkylation sites (N-methyl/N-ethyl adjacent to an activating group) is 1. The van der Waals surface area contributed by atoms with Gasteiger partial charge in [-0.1, -0.05) is 6.92 Å². The van der Waals surface area contributed by atoms with Crippen molar-refractivity contribution in [1.29, 1.82) is 0 Å². The van der Waals surface area contributed by atoms with E-state index in [2.05, 4.69) is 51.0 Å². The molecule has 0 amide bonds. The molecule has 0 fully saturated rings. The van der Waals surface area contributed by atoms with Crippen LogP contribution in [-0.2, 0) is 0 Å². The van der Waals surface area contributed by atoms with Gasteiger partial charge in [-0.3, -0.25) is 0 Å². The largest absolute Gasteiger partial charge is 0.355 e. The Morgan fingerprint density at radius 1 is 1.44 bits per heavy atom. The van der Waals surface area contributed by atoms with E-state index >= 15 is 0 Å². The number of pyridine rings is 1. The van der Waals surface area contributed by atoms with E-state index in [1.807, 2.05) is 13.2 Å². The maximum absolute atomic E-state index is 4.50. The molecule has 1 rings (SSSR count). The summed E-state index contributed by atoms with van der Waals surface area (Å²) in [7, 11) is 1.98. The van der Waals surface area contributed by atoms with Crippen molar-refractivity contribution < 1.29 is 0 Å². The molecule has 0 saturated carbocycles. The van der Waals surface area contributed by atoms with Crippen LogP contribution in [0.25, 0.3) is 0 Å². The SMILES string of the molecule is CCCN(CCNC)c1ncc(Br)cc1C. The minimum absolute atomic E-state index is 0.983. The average molecular weight is 286 g/mol. The number of anilines is 1. The van der Waals surface area contributed by atoms with E-state index in [1.165, 1.54) is 5.56 Å². The Labute approximate surface area is 106 Å². The van der Waals surface area contributed by atoms with Crippen LogP contribution in [0.4, 0.5) is 5.82 Å². The van der Waals surface area contributed by atoms with Crippen LogP contribution in [-0.4, -0.2) is 31.7 Å². The van der Waals surface area contributed by atoms with Gasteiger partial charge in [-0.15, -0.1) is 0 Å². The molecule has 1 N–H and O–H groups in total. The number of hydrogen-bond acceptors (Lipinski definition) is 3. The molecule has 0 radical (unpaired) electrons. The number of aromatic nitrogens is 1. The first-order chi connectivity index (χ1) is 7.69. The lowest BCUT2D eigenvalue weighted by molar-refractivity contribution is 0.700. The van der Waals surface area contributed by atoms with E-state index in [0.29, 0.717) is 0 Å².